The van der Waals surface area contributed by atoms with Crippen molar-refractivity contribution in [3.8, 4) is 0 Å². The van der Waals surface area contributed by atoms with Gasteiger partial charge in [-0.3, -0.25) is 14.6 Å². The van der Waals surface area contributed by atoms with E-state index in [9.17, 15) is 9.59 Å². The van der Waals surface area contributed by atoms with Crippen molar-refractivity contribution in [3.05, 3.63) is 65.5 Å². The van der Waals surface area contributed by atoms with Gasteiger partial charge in [0.15, 0.2) is 0 Å². The van der Waals surface area contributed by atoms with Crippen LogP contribution in [0.4, 0.5) is 0 Å². The lowest BCUT2D eigenvalue weighted by Gasteiger charge is -2.16. The molecule has 1 unspecified atom stereocenters. The molecule has 0 aliphatic carbocycles. The molecule has 0 radical (unpaired) electrons. The SMILES string of the molecule is NC(=O)c1ccc(C(=O)N2CCC(Cc3ccccc3)C2)nc1. The van der Waals surface area contributed by atoms with E-state index >= 15 is 0 Å². The lowest BCUT2D eigenvalue weighted by Crippen LogP contribution is -2.29. The zero-order valence-corrected chi connectivity index (χ0v) is 12.8. The van der Waals surface area contributed by atoms with Crippen LogP contribution in [0, 0.1) is 5.92 Å². The number of likely N-dealkylation sites (tertiary alicyclic amines) is 1. The number of nitrogens with two attached hydrogens (primary N) is 1. The Morgan fingerprint density at radius 2 is 1.96 bits per heavy atom. The van der Waals surface area contributed by atoms with Gasteiger partial charge >= 0.3 is 0 Å². The van der Waals surface area contributed by atoms with E-state index in [-0.39, 0.29) is 5.91 Å². The number of carbonyl (C=O) groups excluding carboxylic acids is 2. The average molecular weight is 309 g/mol. The Morgan fingerprint density at radius 3 is 2.61 bits per heavy atom. The van der Waals surface area contributed by atoms with Gasteiger partial charge in [-0.2, -0.15) is 0 Å². The van der Waals surface area contributed by atoms with E-state index in [1.54, 1.807) is 12.1 Å². The van der Waals surface area contributed by atoms with Crippen LogP contribution in [-0.2, 0) is 6.42 Å². The second-order valence-electron chi connectivity index (χ2n) is 5.89. The van der Waals surface area contributed by atoms with Crippen LogP contribution in [0.15, 0.2) is 48.7 Å². The summed E-state index contributed by atoms with van der Waals surface area (Å²) in [6.45, 7) is 1.49. The molecule has 0 saturated carbocycles. The van der Waals surface area contributed by atoms with Crippen LogP contribution in [0.3, 0.4) is 0 Å². The van der Waals surface area contributed by atoms with E-state index in [2.05, 4.69) is 17.1 Å². The van der Waals surface area contributed by atoms with Crippen molar-refractivity contribution in [1.29, 1.82) is 0 Å². The zero-order chi connectivity index (χ0) is 16.2. The maximum absolute atomic E-state index is 12.5. The second-order valence-corrected chi connectivity index (χ2v) is 5.89. The summed E-state index contributed by atoms with van der Waals surface area (Å²) >= 11 is 0. The first kappa shape index (κ1) is 15.2. The highest BCUT2D eigenvalue weighted by Gasteiger charge is 2.27. The fourth-order valence-corrected chi connectivity index (χ4v) is 2.96. The number of pyridine rings is 1. The van der Waals surface area contributed by atoms with Gasteiger partial charge in [-0.05, 0) is 36.5 Å². The maximum Gasteiger partial charge on any atom is 0.272 e. The Balaban J connectivity index is 1.62. The summed E-state index contributed by atoms with van der Waals surface area (Å²) in [6, 6.07) is 13.4. The van der Waals surface area contributed by atoms with Crippen molar-refractivity contribution in [3.63, 3.8) is 0 Å². The number of aromatic nitrogens is 1. The summed E-state index contributed by atoms with van der Waals surface area (Å²) in [5, 5.41) is 0. The minimum absolute atomic E-state index is 0.0865. The Kier molecular flexibility index (Phi) is 4.37. The third-order valence-corrected chi connectivity index (χ3v) is 4.21. The number of benzene rings is 1. The van der Waals surface area contributed by atoms with Crippen LogP contribution in [0.25, 0.3) is 0 Å². The predicted octanol–water partition coefficient (Wildman–Crippen LogP) is 1.89. The molecular formula is C18H19N3O2. The highest BCUT2D eigenvalue weighted by atomic mass is 16.2. The first-order chi connectivity index (χ1) is 11.1. The number of primary amides is 1. The number of rotatable bonds is 4. The molecule has 5 nitrogen and oxygen atoms in total. The Hall–Kier alpha value is -2.69. The van der Waals surface area contributed by atoms with E-state index in [1.165, 1.54) is 11.8 Å². The molecule has 2 amide bonds. The van der Waals surface area contributed by atoms with Crippen molar-refractivity contribution in [2.24, 2.45) is 11.7 Å². The van der Waals surface area contributed by atoms with Crippen LogP contribution in [-0.4, -0.2) is 34.8 Å². The summed E-state index contributed by atoms with van der Waals surface area (Å²) in [5.41, 5.74) is 7.15. The molecule has 5 heteroatoms. The molecule has 0 spiro atoms. The minimum Gasteiger partial charge on any atom is -0.366 e. The molecule has 3 rings (SSSR count). The van der Waals surface area contributed by atoms with Gasteiger partial charge in [0.2, 0.25) is 5.91 Å². The van der Waals surface area contributed by atoms with E-state index in [4.69, 9.17) is 5.73 Å². The number of carbonyl (C=O) groups is 2. The number of nitrogens with zero attached hydrogens (tertiary/aromatic N) is 2. The Labute approximate surface area is 135 Å². The quantitative estimate of drug-likeness (QED) is 0.937. The van der Waals surface area contributed by atoms with Crippen LogP contribution in [0.2, 0.25) is 0 Å². The van der Waals surface area contributed by atoms with Gasteiger partial charge in [0.25, 0.3) is 5.91 Å². The summed E-state index contributed by atoms with van der Waals surface area (Å²) in [4.78, 5) is 29.4. The fraction of sp³-hybridized carbons (Fsp3) is 0.278. The molecule has 2 N–H and O–H groups in total. The van der Waals surface area contributed by atoms with Crippen LogP contribution >= 0.6 is 0 Å². The van der Waals surface area contributed by atoms with E-state index in [0.717, 1.165) is 25.9 Å². The van der Waals surface area contributed by atoms with E-state index in [1.807, 2.05) is 23.1 Å². The Bertz CT molecular complexity index is 698. The largest absolute Gasteiger partial charge is 0.366 e. The van der Waals surface area contributed by atoms with Gasteiger partial charge in [-0.15, -0.1) is 0 Å². The molecule has 2 aromatic rings. The first-order valence-corrected chi connectivity index (χ1v) is 7.72. The van der Waals surface area contributed by atoms with Gasteiger partial charge in [-0.25, -0.2) is 0 Å². The molecule has 1 aliphatic rings. The predicted molar refractivity (Wildman–Crippen MR) is 86.9 cm³/mol. The van der Waals surface area contributed by atoms with Gasteiger partial charge in [0.05, 0.1) is 5.56 Å². The summed E-state index contributed by atoms with van der Waals surface area (Å²) < 4.78 is 0. The number of hydrogen-bond donors (Lipinski definition) is 1. The van der Waals surface area contributed by atoms with Gasteiger partial charge in [-0.1, -0.05) is 30.3 Å². The first-order valence-electron chi connectivity index (χ1n) is 7.72. The highest BCUT2D eigenvalue weighted by molar-refractivity contribution is 5.95. The normalized spacial score (nSPS) is 17.2. The molecule has 2 heterocycles. The number of hydrogen-bond acceptors (Lipinski definition) is 3. The van der Waals surface area contributed by atoms with Gasteiger partial charge in [0.1, 0.15) is 5.69 Å². The molecule has 1 saturated heterocycles. The third kappa shape index (κ3) is 3.56. The molecule has 1 aromatic carbocycles. The molecule has 1 atom stereocenters. The van der Waals surface area contributed by atoms with Crippen molar-refractivity contribution in [1.82, 2.24) is 9.88 Å². The zero-order valence-electron chi connectivity index (χ0n) is 12.8. The number of amides is 2. The third-order valence-electron chi connectivity index (χ3n) is 4.21. The minimum atomic E-state index is -0.541. The summed E-state index contributed by atoms with van der Waals surface area (Å²) in [7, 11) is 0. The van der Waals surface area contributed by atoms with Crippen LogP contribution in [0.1, 0.15) is 32.8 Å². The Morgan fingerprint density at radius 1 is 1.17 bits per heavy atom. The molecule has 1 fully saturated rings. The van der Waals surface area contributed by atoms with Crippen molar-refractivity contribution >= 4 is 11.8 Å². The van der Waals surface area contributed by atoms with Gasteiger partial charge in [0, 0.05) is 19.3 Å². The van der Waals surface area contributed by atoms with Crippen molar-refractivity contribution < 1.29 is 9.59 Å². The average Bonchev–Trinajstić information content (AvgIpc) is 3.03. The molecule has 23 heavy (non-hydrogen) atoms. The van der Waals surface area contributed by atoms with Gasteiger partial charge < -0.3 is 10.6 Å². The molecule has 0 bridgehead atoms. The molecule has 1 aromatic heterocycles. The lowest BCUT2D eigenvalue weighted by atomic mass is 9.99. The standard InChI is InChI=1S/C18H19N3O2/c19-17(22)15-6-7-16(20-11-15)18(23)21-9-8-14(12-21)10-13-4-2-1-3-5-13/h1-7,11,14H,8-10,12H2,(H2,19,22). The molecule has 1 aliphatic heterocycles. The molecular weight excluding hydrogens is 290 g/mol. The topological polar surface area (TPSA) is 76.3 Å². The van der Waals surface area contributed by atoms with Crippen LogP contribution < -0.4 is 5.73 Å². The summed E-state index contributed by atoms with van der Waals surface area (Å²) in [6.07, 6.45) is 3.34. The molecule has 118 valence electrons. The maximum atomic E-state index is 12.5. The van der Waals surface area contributed by atoms with Crippen molar-refractivity contribution in [2.45, 2.75) is 12.8 Å². The van der Waals surface area contributed by atoms with Crippen LogP contribution in [0.5, 0.6) is 0 Å². The highest BCUT2D eigenvalue weighted by Crippen LogP contribution is 2.22. The van der Waals surface area contributed by atoms with E-state index in [0.29, 0.717) is 17.2 Å². The van der Waals surface area contributed by atoms with E-state index < -0.39 is 5.91 Å². The fourth-order valence-electron chi connectivity index (χ4n) is 2.96. The van der Waals surface area contributed by atoms with Crippen molar-refractivity contribution in [2.75, 3.05) is 13.1 Å². The summed E-state index contributed by atoms with van der Waals surface area (Å²) in [5.74, 6) is -0.150. The smallest absolute Gasteiger partial charge is 0.272 e. The monoisotopic (exact) mass is 309 g/mol. The lowest BCUT2D eigenvalue weighted by molar-refractivity contribution is 0.0780. The second kappa shape index (κ2) is 6.60.